The molecule has 1 aromatic carbocycles. The predicted octanol–water partition coefficient (Wildman–Crippen LogP) is 4.22. The minimum absolute atomic E-state index is 0.352. The lowest BCUT2D eigenvalue weighted by molar-refractivity contribution is 0.115. The average Bonchev–Trinajstić information content (AvgIpc) is 2.42. The summed E-state index contributed by atoms with van der Waals surface area (Å²) in [7, 11) is 0. The highest BCUT2D eigenvalue weighted by Gasteiger charge is 2.19. The standard InChI is InChI=1S/C17H20N2OS/c1-12-9-16(18-11-13-5-2-3-8-15(13)21)19-17(10-12)20-14-6-4-7-14/h2-3,5,8-10,14,21H,4,6-7,11H2,1H3,(H,18,19). The van der Waals surface area contributed by atoms with Gasteiger partial charge in [-0.2, -0.15) is 4.98 Å². The van der Waals surface area contributed by atoms with Crippen LogP contribution >= 0.6 is 12.6 Å². The van der Waals surface area contributed by atoms with Gasteiger partial charge in [0.1, 0.15) is 11.9 Å². The lowest BCUT2D eigenvalue weighted by Gasteiger charge is -2.26. The van der Waals surface area contributed by atoms with Gasteiger partial charge in [0.25, 0.3) is 0 Å². The summed E-state index contributed by atoms with van der Waals surface area (Å²) in [5.41, 5.74) is 2.31. The third kappa shape index (κ3) is 3.70. The fourth-order valence-electron chi connectivity index (χ4n) is 2.29. The average molecular weight is 300 g/mol. The van der Waals surface area contributed by atoms with Crippen molar-refractivity contribution >= 4 is 18.4 Å². The number of anilines is 1. The molecule has 1 heterocycles. The van der Waals surface area contributed by atoms with E-state index < -0.39 is 0 Å². The van der Waals surface area contributed by atoms with Crippen molar-refractivity contribution in [1.29, 1.82) is 0 Å². The highest BCUT2D eigenvalue weighted by Crippen LogP contribution is 2.25. The first kappa shape index (κ1) is 14.3. The smallest absolute Gasteiger partial charge is 0.215 e. The quantitative estimate of drug-likeness (QED) is 0.811. The van der Waals surface area contributed by atoms with Crippen LogP contribution in [-0.2, 0) is 6.54 Å². The van der Waals surface area contributed by atoms with Crippen molar-refractivity contribution in [2.75, 3.05) is 5.32 Å². The summed E-state index contributed by atoms with van der Waals surface area (Å²) in [6.45, 7) is 2.77. The van der Waals surface area contributed by atoms with Gasteiger partial charge >= 0.3 is 0 Å². The molecular weight excluding hydrogens is 280 g/mol. The third-order valence-electron chi connectivity index (χ3n) is 3.74. The number of benzene rings is 1. The summed E-state index contributed by atoms with van der Waals surface area (Å²) in [6.07, 6.45) is 3.90. The maximum atomic E-state index is 5.88. The summed E-state index contributed by atoms with van der Waals surface area (Å²) < 4.78 is 5.88. The maximum absolute atomic E-state index is 5.88. The Labute approximate surface area is 131 Å². The third-order valence-corrected chi connectivity index (χ3v) is 4.17. The summed E-state index contributed by atoms with van der Waals surface area (Å²) in [4.78, 5) is 5.53. The number of aromatic nitrogens is 1. The van der Waals surface area contributed by atoms with E-state index in [1.165, 1.54) is 6.42 Å². The predicted molar refractivity (Wildman–Crippen MR) is 88.3 cm³/mol. The summed E-state index contributed by atoms with van der Waals surface area (Å²) in [5, 5.41) is 3.35. The molecule has 1 saturated carbocycles. The van der Waals surface area contributed by atoms with Gasteiger partial charge in [0.05, 0.1) is 0 Å². The van der Waals surface area contributed by atoms with E-state index in [1.54, 1.807) is 0 Å². The van der Waals surface area contributed by atoms with Crippen LogP contribution in [0.1, 0.15) is 30.4 Å². The Kier molecular flexibility index (Phi) is 4.34. The number of nitrogens with one attached hydrogen (secondary N) is 1. The Morgan fingerprint density at radius 3 is 2.81 bits per heavy atom. The van der Waals surface area contributed by atoms with Crippen molar-refractivity contribution in [3.63, 3.8) is 0 Å². The minimum Gasteiger partial charge on any atom is -0.474 e. The number of rotatable bonds is 5. The number of ether oxygens (including phenoxy) is 1. The summed E-state index contributed by atoms with van der Waals surface area (Å²) in [6, 6.07) is 12.1. The van der Waals surface area contributed by atoms with Gasteiger partial charge in [-0.25, -0.2) is 0 Å². The van der Waals surface area contributed by atoms with E-state index in [0.29, 0.717) is 12.6 Å². The topological polar surface area (TPSA) is 34.2 Å². The zero-order valence-corrected chi connectivity index (χ0v) is 13.1. The molecule has 3 nitrogen and oxygen atoms in total. The van der Waals surface area contributed by atoms with Crippen molar-refractivity contribution in [1.82, 2.24) is 4.98 Å². The monoisotopic (exact) mass is 300 g/mol. The van der Waals surface area contributed by atoms with Crippen molar-refractivity contribution in [2.45, 2.75) is 43.7 Å². The minimum atomic E-state index is 0.352. The van der Waals surface area contributed by atoms with E-state index in [4.69, 9.17) is 4.74 Å². The second-order valence-electron chi connectivity index (χ2n) is 5.52. The molecule has 3 rings (SSSR count). The molecule has 1 N–H and O–H groups in total. The summed E-state index contributed by atoms with van der Waals surface area (Å²) >= 11 is 4.47. The van der Waals surface area contributed by atoms with Gasteiger partial charge in [-0.1, -0.05) is 18.2 Å². The van der Waals surface area contributed by atoms with Crippen molar-refractivity contribution in [3.05, 3.63) is 47.5 Å². The molecule has 1 aliphatic carbocycles. The Morgan fingerprint density at radius 2 is 2.10 bits per heavy atom. The van der Waals surface area contributed by atoms with Crippen molar-refractivity contribution < 1.29 is 4.74 Å². The van der Waals surface area contributed by atoms with Crippen molar-refractivity contribution in [3.8, 4) is 5.88 Å². The molecule has 1 fully saturated rings. The molecule has 0 unspecified atom stereocenters. The van der Waals surface area contributed by atoms with E-state index in [1.807, 2.05) is 30.3 Å². The van der Waals surface area contributed by atoms with Gasteiger partial charge in [0.15, 0.2) is 0 Å². The highest BCUT2D eigenvalue weighted by molar-refractivity contribution is 7.80. The van der Waals surface area contributed by atoms with Gasteiger partial charge in [0, 0.05) is 17.5 Å². The van der Waals surface area contributed by atoms with Crippen LogP contribution in [0.2, 0.25) is 0 Å². The van der Waals surface area contributed by atoms with Gasteiger partial charge < -0.3 is 10.1 Å². The molecule has 0 radical (unpaired) electrons. The van der Waals surface area contributed by atoms with Gasteiger partial charge in [0.2, 0.25) is 5.88 Å². The molecular formula is C17H20N2OS. The Morgan fingerprint density at radius 1 is 1.29 bits per heavy atom. The lowest BCUT2D eigenvalue weighted by Crippen LogP contribution is -2.25. The van der Waals surface area contributed by atoms with Crippen LogP contribution in [-0.4, -0.2) is 11.1 Å². The second kappa shape index (κ2) is 6.39. The number of hydrogen-bond donors (Lipinski definition) is 2. The van der Waals surface area contributed by atoms with E-state index in [2.05, 4.69) is 35.9 Å². The van der Waals surface area contributed by atoms with Crippen LogP contribution in [0.3, 0.4) is 0 Å². The first-order valence-corrected chi connectivity index (χ1v) is 7.81. The molecule has 0 amide bonds. The van der Waals surface area contributed by atoms with E-state index in [0.717, 1.165) is 40.6 Å². The fourth-order valence-corrected chi connectivity index (χ4v) is 2.53. The zero-order chi connectivity index (χ0) is 14.7. The van der Waals surface area contributed by atoms with Crippen LogP contribution in [0, 0.1) is 6.92 Å². The normalized spacial score (nSPS) is 14.6. The first-order valence-electron chi connectivity index (χ1n) is 7.37. The Hall–Kier alpha value is -1.68. The Balaban J connectivity index is 1.68. The molecule has 21 heavy (non-hydrogen) atoms. The van der Waals surface area contributed by atoms with E-state index in [9.17, 15) is 0 Å². The van der Waals surface area contributed by atoms with Crippen LogP contribution in [0.15, 0.2) is 41.3 Å². The SMILES string of the molecule is Cc1cc(NCc2ccccc2S)nc(OC2CCC2)c1. The fraction of sp³-hybridized carbons (Fsp3) is 0.353. The number of thiol groups is 1. The molecule has 4 heteroatoms. The molecule has 0 spiro atoms. The zero-order valence-electron chi connectivity index (χ0n) is 12.2. The maximum Gasteiger partial charge on any atom is 0.215 e. The van der Waals surface area contributed by atoms with Crippen LogP contribution in [0.5, 0.6) is 5.88 Å². The van der Waals surface area contributed by atoms with Crippen LogP contribution in [0.25, 0.3) is 0 Å². The molecule has 1 aliphatic rings. The molecule has 0 saturated heterocycles. The number of hydrogen-bond acceptors (Lipinski definition) is 4. The van der Waals surface area contributed by atoms with Crippen LogP contribution < -0.4 is 10.1 Å². The molecule has 0 atom stereocenters. The molecule has 110 valence electrons. The second-order valence-corrected chi connectivity index (χ2v) is 6.00. The van der Waals surface area contributed by atoms with E-state index in [-0.39, 0.29) is 0 Å². The summed E-state index contributed by atoms with van der Waals surface area (Å²) in [5.74, 6) is 1.57. The number of aryl methyl sites for hydroxylation is 1. The number of nitrogens with zero attached hydrogens (tertiary/aromatic N) is 1. The molecule has 0 bridgehead atoms. The van der Waals surface area contributed by atoms with Gasteiger partial charge in [-0.3, -0.25) is 0 Å². The van der Waals surface area contributed by atoms with Gasteiger partial charge in [-0.05, 0) is 49.4 Å². The first-order chi connectivity index (χ1) is 10.2. The van der Waals surface area contributed by atoms with Crippen LogP contribution in [0.4, 0.5) is 5.82 Å². The Bertz CT molecular complexity index is 626. The van der Waals surface area contributed by atoms with Gasteiger partial charge in [-0.15, -0.1) is 12.6 Å². The number of pyridine rings is 1. The molecule has 0 aliphatic heterocycles. The highest BCUT2D eigenvalue weighted by atomic mass is 32.1. The molecule has 1 aromatic heterocycles. The molecule has 2 aromatic rings. The van der Waals surface area contributed by atoms with E-state index >= 15 is 0 Å². The van der Waals surface area contributed by atoms with Crippen molar-refractivity contribution in [2.24, 2.45) is 0 Å². The lowest BCUT2D eigenvalue weighted by atomic mass is 9.96. The largest absolute Gasteiger partial charge is 0.474 e.